The van der Waals surface area contributed by atoms with Crippen LogP contribution in [-0.2, 0) is 11.3 Å². The molecule has 2 rings (SSSR count). The topological polar surface area (TPSA) is 33.5 Å². The third kappa shape index (κ3) is 5.48. The molecule has 2 aromatic carbocycles. The minimum absolute atomic E-state index is 0.0950. The van der Waals surface area contributed by atoms with Gasteiger partial charge in [-0.25, -0.2) is 4.39 Å². The van der Waals surface area contributed by atoms with Crippen LogP contribution >= 0.6 is 23.2 Å². The first-order valence-corrected chi connectivity index (χ1v) is 8.41. The molecular weight excluding hydrogens is 350 g/mol. The maximum Gasteiger partial charge on any atom is 0.275 e. The van der Waals surface area contributed by atoms with Crippen molar-refractivity contribution in [1.29, 1.82) is 0 Å². The molecule has 2 N–H and O–H groups in total. The second-order valence-corrected chi connectivity index (χ2v) is 6.74. The van der Waals surface area contributed by atoms with Crippen LogP contribution in [-0.4, -0.2) is 19.5 Å². The van der Waals surface area contributed by atoms with Crippen molar-refractivity contribution < 1.29 is 14.1 Å². The molecule has 0 radical (unpaired) electrons. The van der Waals surface area contributed by atoms with Gasteiger partial charge in [0.15, 0.2) is 6.54 Å². The number of hydrogen-bond donors (Lipinski definition) is 2. The van der Waals surface area contributed by atoms with Gasteiger partial charge >= 0.3 is 0 Å². The zero-order valence-electron chi connectivity index (χ0n) is 13.6. The molecule has 2 atom stereocenters. The largest absolute Gasteiger partial charge is 0.345 e. The Kier molecular flexibility index (Phi) is 6.60. The van der Waals surface area contributed by atoms with E-state index in [0.29, 0.717) is 16.6 Å². The van der Waals surface area contributed by atoms with E-state index in [-0.39, 0.29) is 24.3 Å². The highest BCUT2D eigenvalue weighted by Crippen LogP contribution is 2.25. The van der Waals surface area contributed by atoms with Crippen molar-refractivity contribution in [3.8, 4) is 0 Å². The minimum atomic E-state index is -0.268. The lowest BCUT2D eigenvalue weighted by Gasteiger charge is -2.18. The maximum absolute atomic E-state index is 13.2. The molecule has 2 aromatic rings. The number of likely N-dealkylation sites (N-methyl/N-ethyl adjacent to an activating group) is 1. The Morgan fingerprint density at radius 1 is 1.25 bits per heavy atom. The molecule has 0 fully saturated rings. The van der Waals surface area contributed by atoms with Crippen molar-refractivity contribution in [2.45, 2.75) is 19.5 Å². The number of benzene rings is 2. The number of rotatable bonds is 6. The lowest BCUT2D eigenvalue weighted by Crippen LogP contribution is -3.08. The van der Waals surface area contributed by atoms with E-state index in [1.807, 2.05) is 20.0 Å². The third-order valence-corrected chi connectivity index (χ3v) is 4.23. The van der Waals surface area contributed by atoms with Gasteiger partial charge in [-0.2, -0.15) is 0 Å². The van der Waals surface area contributed by atoms with E-state index in [1.54, 1.807) is 24.3 Å². The average Bonchev–Trinajstić information content (AvgIpc) is 2.46. The molecule has 0 spiro atoms. The van der Waals surface area contributed by atoms with Crippen LogP contribution in [0.4, 0.5) is 4.39 Å². The lowest BCUT2D eigenvalue weighted by molar-refractivity contribution is -0.885. The number of hydrogen-bond acceptors (Lipinski definition) is 1. The summed E-state index contributed by atoms with van der Waals surface area (Å²) in [5, 5.41) is 4.00. The number of quaternary nitrogens is 1. The van der Waals surface area contributed by atoms with E-state index in [0.717, 1.165) is 16.0 Å². The van der Waals surface area contributed by atoms with Crippen molar-refractivity contribution >= 4 is 29.1 Å². The van der Waals surface area contributed by atoms with Crippen LogP contribution in [0.5, 0.6) is 0 Å². The Balaban J connectivity index is 1.90. The molecule has 0 saturated carbocycles. The van der Waals surface area contributed by atoms with E-state index in [1.165, 1.54) is 12.1 Å². The molecule has 1 amide bonds. The normalized spacial score (nSPS) is 13.4. The third-order valence-electron chi connectivity index (χ3n) is 3.66. The Labute approximate surface area is 151 Å². The van der Waals surface area contributed by atoms with Gasteiger partial charge in [0.25, 0.3) is 5.91 Å². The molecule has 0 aliphatic carbocycles. The van der Waals surface area contributed by atoms with Gasteiger partial charge in [-0.3, -0.25) is 4.79 Å². The first kappa shape index (κ1) is 18.7. The second-order valence-electron chi connectivity index (χ2n) is 5.90. The summed E-state index contributed by atoms with van der Waals surface area (Å²) in [7, 11) is 1.89. The maximum atomic E-state index is 13.2. The highest BCUT2D eigenvalue weighted by Gasteiger charge is 2.16. The van der Waals surface area contributed by atoms with Gasteiger partial charge in [0, 0.05) is 15.6 Å². The zero-order chi connectivity index (χ0) is 17.7. The molecule has 6 heteroatoms. The van der Waals surface area contributed by atoms with Crippen molar-refractivity contribution in [3.05, 3.63) is 69.5 Å². The van der Waals surface area contributed by atoms with Gasteiger partial charge in [-0.1, -0.05) is 41.4 Å². The Morgan fingerprint density at radius 2 is 2.00 bits per heavy atom. The average molecular weight is 370 g/mol. The Morgan fingerprint density at radius 3 is 2.67 bits per heavy atom. The van der Waals surface area contributed by atoms with Gasteiger partial charge < -0.3 is 10.2 Å². The van der Waals surface area contributed by atoms with E-state index < -0.39 is 0 Å². The van der Waals surface area contributed by atoms with Crippen LogP contribution in [0.1, 0.15) is 24.1 Å². The number of amides is 1. The summed E-state index contributed by atoms with van der Waals surface area (Å²) >= 11 is 12.0. The summed E-state index contributed by atoms with van der Waals surface area (Å²) < 4.78 is 13.2. The van der Waals surface area contributed by atoms with Gasteiger partial charge in [-0.15, -0.1) is 0 Å². The molecule has 0 aliphatic rings. The van der Waals surface area contributed by atoms with Gasteiger partial charge in [0.1, 0.15) is 12.4 Å². The molecule has 128 valence electrons. The fourth-order valence-corrected chi connectivity index (χ4v) is 3.13. The molecule has 0 aliphatic heterocycles. The molecular formula is C18H20Cl2FN2O+. The van der Waals surface area contributed by atoms with Gasteiger partial charge in [0.2, 0.25) is 0 Å². The molecule has 3 nitrogen and oxygen atoms in total. The summed E-state index contributed by atoms with van der Waals surface area (Å²) in [4.78, 5) is 13.2. The predicted octanol–water partition coefficient (Wildman–Crippen LogP) is 3.02. The second kappa shape index (κ2) is 8.47. The van der Waals surface area contributed by atoms with Crippen LogP contribution in [0, 0.1) is 5.82 Å². The van der Waals surface area contributed by atoms with Crippen molar-refractivity contribution in [2.75, 3.05) is 13.6 Å². The summed E-state index contributed by atoms with van der Waals surface area (Å²) in [6.07, 6.45) is 0. The van der Waals surface area contributed by atoms with Crippen molar-refractivity contribution in [2.24, 2.45) is 0 Å². The Bertz CT molecular complexity index is 724. The minimum Gasteiger partial charge on any atom is -0.345 e. The monoisotopic (exact) mass is 369 g/mol. The van der Waals surface area contributed by atoms with Crippen LogP contribution in [0.15, 0.2) is 42.5 Å². The van der Waals surface area contributed by atoms with Crippen LogP contribution in [0.3, 0.4) is 0 Å². The fraction of sp³-hybridized carbons (Fsp3) is 0.278. The molecule has 1 unspecified atom stereocenters. The van der Waals surface area contributed by atoms with Crippen LogP contribution in [0.2, 0.25) is 10.0 Å². The van der Waals surface area contributed by atoms with E-state index >= 15 is 0 Å². The number of carbonyl (C=O) groups is 1. The molecule has 0 saturated heterocycles. The van der Waals surface area contributed by atoms with Gasteiger partial charge in [0.05, 0.1) is 13.1 Å². The van der Waals surface area contributed by atoms with Crippen LogP contribution < -0.4 is 10.2 Å². The van der Waals surface area contributed by atoms with E-state index in [9.17, 15) is 9.18 Å². The fourth-order valence-electron chi connectivity index (χ4n) is 2.55. The summed E-state index contributed by atoms with van der Waals surface area (Å²) in [6, 6.07) is 11.4. The van der Waals surface area contributed by atoms with Gasteiger partial charge in [-0.05, 0) is 36.8 Å². The molecule has 0 aromatic heterocycles. The highest BCUT2D eigenvalue weighted by atomic mass is 35.5. The first-order valence-electron chi connectivity index (χ1n) is 7.65. The van der Waals surface area contributed by atoms with E-state index in [2.05, 4.69) is 5.32 Å². The molecule has 24 heavy (non-hydrogen) atoms. The van der Waals surface area contributed by atoms with Crippen molar-refractivity contribution in [1.82, 2.24) is 5.32 Å². The number of halogens is 3. The summed E-state index contributed by atoms with van der Waals surface area (Å²) in [5.41, 5.74) is 1.67. The first-order chi connectivity index (χ1) is 11.3. The van der Waals surface area contributed by atoms with Crippen LogP contribution in [0.25, 0.3) is 0 Å². The van der Waals surface area contributed by atoms with Crippen molar-refractivity contribution in [3.63, 3.8) is 0 Å². The quantitative estimate of drug-likeness (QED) is 0.805. The predicted molar refractivity (Wildman–Crippen MR) is 94.9 cm³/mol. The Hall–Kier alpha value is -1.62. The highest BCUT2D eigenvalue weighted by molar-refractivity contribution is 6.35. The summed E-state index contributed by atoms with van der Waals surface area (Å²) in [5.74, 6) is -0.363. The lowest BCUT2D eigenvalue weighted by atomic mass is 10.1. The zero-order valence-corrected chi connectivity index (χ0v) is 15.1. The van der Waals surface area contributed by atoms with E-state index in [4.69, 9.17) is 23.2 Å². The number of carbonyl (C=O) groups excluding carboxylic acids is 1. The molecule has 0 bridgehead atoms. The standard InChI is InChI=1S/C18H19Cl2FN2O/c1-12(16-7-6-14(19)9-17(16)20)22-18(24)11-23(2)10-13-4-3-5-15(21)8-13/h3-9,12H,10-11H2,1-2H3,(H,22,24)/p+1/t12-/m0/s1. The molecule has 0 heterocycles. The smallest absolute Gasteiger partial charge is 0.275 e. The number of nitrogens with one attached hydrogen (secondary N) is 2. The summed E-state index contributed by atoms with van der Waals surface area (Å²) in [6.45, 7) is 2.72. The SMILES string of the molecule is C[C@H](NC(=O)C[NH+](C)Cc1cccc(F)c1)c1ccc(Cl)cc1Cl.